The minimum atomic E-state index is -4.12. The van der Waals surface area contributed by atoms with Crippen molar-refractivity contribution in [3.63, 3.8) is 0 Å². The van der Waals surface area contributed by atoms with E-state index in [4.69, 9.17) is 5.11 Å². The van der Waals surface area contributed by atoms with Gasteiger partial charge in [0.25, 0.3) is 5.69 Å². The largest absolute Gasteiger partial charge is 0.480 e. The Morgan fingerprint density at radius 3 is 2.72 bits per heavy atom. The second-order valence-electron chi connectivity index (χ2n) is 5.60. The Morgan fingerprint density at radius 1 is 1.44 bits per heavy atom. The molecule has 1 amide bonds. The summed E-state index contributed by atoms with van der Waals surface area (Å²) in [4.78, 5) is 34.3. The van der Waals surface area contributed by atoms with Crippen LogP contribution in [0.4, 0.5) is 5.69 Å². The number of carbonyl (C=O) groups is 2. The number of carboxylic acid groups (broad SMARTS) is 1. The van der Waals surface area contributed by atoms with Gasteiger partial charge in [0.2, 0.25) is 15.9 Å². The van der Waals surface area contributed by atoms with Crippen molar-refractivity contribution in [2.45, 2.75) is 23.8 Å². The lowest BCUT2D eigenvalue weighted by atomic mass is 10.2. The van der Waals surface area contributed by atoms with E-state index in [0.29, 0.717) is 12.8 Å². The number of likely N-dealkylation sites (N-methyl/N-ethyl adjacent to an activating group) is 1. The predicted molar refractivity (Wildman–Crippen MR) is 85.3 cm³/mol. The molecule has 10 nitrogen and oxygen atoms in total. The smallest absolute Gasteiger partial charge is 0.326 e. The number of carbonyl (C=O) groups excluding carboxylic acids is 1. The van der Waals surface area contributed by atoms with Crippen molar-refractivity contribution < 1.29 is 28.0 Å². The minimum absolute atomic E-state index is 0.250. The number of likely N-dealkylation sites (tertiary alicyclic amines) is 1. The monoisotopic (exact) mass is 371 g/mol. The zero-order chi connectivity index (χ0) is 18.8. The van der Waals surface area contributed by atoms with E-state index in [2.05, 4.69) is 0 Å². The Hall–Kier alpha value is -2.53. The van der Waals surface area contributed by atoms with Crippen LogP contribution < -0.4 is 0 Å². The fraction of sp³-hybridized carbons (Fsp3) is 0.429. The molecule has 0 aliphatic carbocycles. The molecule has 1 atom stereocenters. The number of aliphatic carboxylic acids is 1. The summed E-state index contributed by atoms with van der Waals surface area (Å²) in [6.45, 7) is -0.296. The first-order valence-electron chi connectivity index (χ1n) is 7.37. The van der Waals surface area contributed by atoms with Gasteiger partial charge in [-0.05, 0) is 18.9 Å². The van der Waals surface area contributed by atoms with E-state index < -0.39 is 39.4 Å². The summed E-state index contributed by atoms with van der Waals surface area (Å²) in [6, 6.07) is 3.54. The zero-order valence-electron chi connectivity index (χ0n) is 13.4. The first kappa shape index (κ1) is 18.8. The topological polar surface area (TPSA) is 138 Å². The summed E-state index contributed by atoms with van der Waals surface area (Å²) in [7, 11) is -2.96. The van der Waals surface area contributed by atoms with E-state index in [0.717, 1.165) is 28.4 Å². The third kappa shape index (κ3) is 3.94. The minimum Gasteiger partial charge on any atom is -0.480 e. The number of benzene rings is 1. The Balaban J connectivity index is 2.17. The number of rotatable bonds is 6. The molecule has 1 aliphatic heterocycles. The van der Waals surface area contributed by atoms with E-state index in [-0.39, 0.29) is 17.1 Å². The highest BCUT2D eigenvalue weighted by Crippen LogP contribution is 2.22. The molecule has 136 valence electrons. The average molecular weight is 371 g/mol. The van der Waals surface area contributed by atoms with Gasteiger partial charge in [0.1, 0.15) is 6.04 Å². The Morgan fingerprint density at radius 2 is 2.12 bits per heavy atom. The highest BCUT2D eigenvalue weighted by atomic mass is 32.2. The number of hydrogen-bond donors (Lipinski definition) is 1. The molecular formula is C14H17N3O7S. The van der Waals surface area contributed by atoms with E-state index in [9.17, 15) is 28.1 Å². The van der Waals surface area contributed by atoms with Crippen LogP contribution in [0.2, 0.25) is 0 Å². The number of nitro benzene ring substituents is 1. The number of carboxylic acids is 1. The lowest BCUT2D eigenvalue weighted by Crippen LogP contribution is -2.45. The Bertz CT molecular complexity index is 808. The Labute approximate surface area is 143 Å². The van der Waals surface area contributed by atoms with Crippen LogP contribution >= 0.6 is 0 Å². The van der Waals surface area contributed by atoms with Crippen molar-refractivity contribution in [2.75, 3.05) is 20.1 Å². The predicted octanol–water partition coefficient (Wildman–Crippen LogP) is 0.291. The standard InChI is InChI=1S/C14H17N3O7S/c1-15(9-13(18)16-7-3-6-12(16)14(19)20)25(23,24)11-5-2-4-10(8-11)17(21)22/h2,4-5,8,12H,3,6-7,9H2,1H3,(H,19,20). The number of nitrogens with zero attached hydrogens (tertiary/aromatic N) is 3. The second kappa shape index (κ2) is 7.15. The fourth-order valence-corrected chi connectivity index (χ4v) is 3.79. The van der Waals surface area contributed by atoms with Crippen molar-refractivity contribution in [1.29, 1.82) is 0 Å². The molecule has 0 bridgehead atoms. The maximum Gasteiger partial charge on any atom is 0.326 e. The van der Waals surface area contributed by atoms with Crippen molar-refractivity contribution in [2.24, 2.45) is 0 Å². The van der Waals surface area contributed by atoms with Gasteiger partial charge >= 0.3 is 5.97 Å². The van der Waals surface area contributed by atoms with Gasteiger partial charge in [-0.2, -0.15) is 4.31 Å². The summed E-state index contributed by atoms with van der Waals surface area (Å²) < 4.78 is 25.7. The van der Waals surface area contributed by atoms with Crippen molar-refractivity contribution in [3.8, 4) is 0 Å². The molecule has 1 aliphatic rings. The molecule has 25 heavy (non-hydrogen) atoms. The van der Waals surface area contributed by atoms with Gasteiger partial charge in [-0.3, -0.25) is 14.9 Å². The van der Waals surface area contributed by atoms with E-state index in [1.165, 1.54) is 12.1 Å². The molecule has 2 rings (SSSR count). The molecule has 1 unspecified atom stereocenters. The fourth-order valence-electron chi connectivity index (χ4n) is 2.63. The number of nitro groups is 1. The van der Waals surface area contributed by atoms with Gasteiger partial charge in [-0.1, -0.05) is 6.07 Å². The van der Waals surface area contributed by atoms with Crippen LogP contribution in [-0.2, 0) is 19.6 Å². The average Bonchev–Trinajstić information content (AvgIpc) is 3.04. The summed E-state index contributed by atoms with van der Waals surface area (Å²) in [5, 5.41) is 19.9. The van der Waals surface area contributed by atoms with Crippen LogP contribution in [0.25, 0.3) is 0 Å². The van der Waals surface area contributed by atoms with Crippen molar-refractivity contribution in [1.82, 2.24) is 9.21 Å². The summed E-state index contributed by atoms with van der Waals surface area (Å²) in [5.74, 6) is -1.75. The van der Waals surface area contributed by atoms with Crippen LogP contribution in [0.1, 0.15) is 12.8 Å². The van der Waals surface area contributed by atoms with Gasteiger partial charge in [0, 0.05) is 25.7 Å². The van der Waals surface area contributed by atoms with Gasteiger partial charge in [0.05, 0.1) is 16.4 Å². The maximum absolute atomic E-state index is 12.5. The van der Waals surface area contributed by atoms with E-state index in [1.807, 2.05) is 0 Å². The number of non-ortho nitro benzene ring substituents is 1. The van der Waals surface area contributed by atoms with Crippen molar-refractivity contribution in [3.05, 3.63) is 34.4 Å². The van der Waals surface area contributed by atoms with Crippen LogP contribution in [0.3, 0.4) is 0 Å². The van der Waals surface area contributed by atoms with Crippen LogP contribution in [0.15, 0.2) is 29.2 Å². The molecule has 1 fully saturated rings. The summed E-state index contributed by atoms with van der Waals surface area (Å²) in [6.07, 6.45) is 0.854. The highest BCUT2D eigenvalue weighted by Gasteiger charge is 2.35. The number of sulfonamides is 1. The molecular weight excluding hydrogens is 354 g/mol. The van der Waals surface area contributed by atoms with Crippen molar-refractivity contribution >= 4 is 27.6 Å². The SMILES string of the molecule is CN(CC(=O)N1CCCC1C(=O)O)S(=O)(=O)c1cccc([N+](=O)[O-])c1. The summed E-state index contributed by atoms with van der Waals surface area (Å²) in [5.41, 5.74) is -0.383. The second-order valence-corrected chi connectivity index (χ2v) is 7.64. The molecule has 1 aromatic rings. The van der Waals surface area contributed by atoms with Crippen LogP contribution in [0, 0.1) is 10.1 Å². The molecule has 1 N–H and O–H groups in total. The lowest BCUT2D eigenvalue weighted by molar-refractivity contribution is -0.385. The molecule has 0 radical (unpaired) electrons. The van der Waals surface area contributed by atoms with Gasteiger partial charge in [-0.25, -0.2) is 13.2 Å². The molecule has 1 heterocycles. The number of hydrogen-bond acceptors (Lipinski definition) is 6. The van der Waals surface area contributed by atoms with Crippen LogP contribution in [0.5, 0.6) is 0 Å². The first-order valence-corrected chi connectivity index (χ1v) is 8.81. The number of amides is 1. The maximum atomic E-state index is 12.5. The molecule has 1 aromatic carbocycles. The molecule has 11 heteroatoms. The first-order chi connectivity index (χ1) is 11.6. The summed E-state index contributed by atoms with van der Waals surface area (Å²) >= 11 is 0. The molecule has 0 saturated carbocycles. The van der Waals surface area contributed by atoms with Gasteiger partial charge in [-0.15, -0.1) is 0 Å². The lowest BCUT2D eigenvalue weighted by Gasteiger charge is -2.24. The quantitative estimate of drug-likeness (QED) is 0.560. The van der Waals surface area contributed by atoms with Crippen LogP contribution in [-0.4, -0.2) is 65.7 Å². The molecule has 1 saturated heterocycles. The zero-order valence-corrected chi connectivity index (χ0v) is 14.2. The highest BCUT2D eigenvalue weighted by molar-refractivity contribution is 7.89. The third-order valence-electron chi connectivity index (χ3n) is 3.95. The van der Waals surface area contributed by atoms with Gasteiger partial charge < -0.3 is 10.0 Å². The van der Waals surface area contributed by atoms with Gasteiger partial charge in [0.15, 0.2) is 0 Å². The van der Waals surface area contributed by atoms with E-state index >= 15 is 0 Å². The third-order valence-corrected chi connectivity index (χ3v) is 5.75. The normalized spacial score (nSPS) is 17.7. The van der Waals surface area contributed by atoms with E-state index in [1.54, 1.807) is 0 Å². The Kier molecular flexibility index (Phi) is 5.38. The molecule has 0 aromatic heterocycles. The molecule has 0 spiro atoms.